The Morgan fingerprint density at radius 2 is 0.766 bits per heavy atom. The summed E-state index contributed by atoms with van der Waals surface area (Å²) in [7, 11) is 0. The van der Waals surface area contributed by atoms with Crippen LogP contribution in [-0.4, -0.2) is 21.8 Å². The highest BCUT2D eigenvalue weighted by Crippen LogP contribution is 2.61. The molecule has 4 nitrogen and oxygen atoms in total. The number of hydrogen-bond donors (Lipinski definition) is 2. The molecule has 0 aliphatic heterocycles. The van der Waals surface area contributed by atoms with Crippen LogP contribution in [0.3, 0.4) is 0 Å². The van der Waals surface area contributed by atoms with Crippen molar-refractivity contribution in [3.8, 4) is 11.1 Å². The Kier molecular flexibility index (Phi) is 21.7. The number of carbonyl (C=O) groups is 2. The number of benzene rings is 8. The molecule has 12 aliphatic rings. The van der Waals surface area contributed by atoms with E-state index in [0.717, 1.165) is 68.1 Å². The maximum absolute atomic E-state index is 13.0. The Hall–Kier alpha value is -8.84. The number of halogens is 1. The molecule has 0 radical (unpaired) electrons. The average molecular weight is 1470 g/mol. The predicted molar refractivity (Wildman–Crippen MR) is 448 cm³/mol. The third kappa shape index (κ3) is 13.7. The van der Waals surface area contributed by atoms with Crippen LogP contribution in [-0.2, 0) is 62.6 Å². The van der Waals surface area contributed by atoms with E-state index in [1.54, 1.807) is 68.8 Å². The Morgan fingerprint density at radius 3 is 1.38 bits per heavy atom. The van der Waals surface area contributed by atoms with Gasteiger partial charge in [0.2, 0.25) is 0 Å². The summed E-state index contributed by atoms with van der Waals surface area (Å²) in [5, 5.41) is 28.7. The molecule has 2 N–H and O–H groups in total. The lowest BCUT2D eigenvalue weighted by Gasteiger charge is -2.55. The van der Waals surface area contributed by atoms with Gasteiger partial charge < -0.3 is 10.2 Å². The van der Waals surface area contributed by atoms with E-state index in [1.807, 2.05) is 36.4 Å². The number of fused-ring (bicyclic) bond motifs is 11. The number of aliphatic hydroxyl groups is 2. The van der Waals surface area contributed by atoms with Gasteiger partial charge in [-0.3, -0.25) is 9.59 Å². The number of hydrogen-bond acceptors (Lipinski definition) is 4. The fraction of sp³-hybridized carbons (Fsp3) is 0.333. The number of ketones is 2. The summed E-state index contributed by atoms with van der Waals surface area (Å²) in [5.74, 6) is -0.936. The van der Waals surface area contributed by atoms with Crippen LogP contribution in [0, 0.1) is 23.7 Å². The van der Waals surface area contributed by atoms with Gasteiger partial charge in [-0.25, -0.2) is 0 Å². The third-order valence-corrected chi connectivity index (χ3v) is 26.6. The molecule has 2 fully saturated rings. The van der Waals surface area contributed by atoms with E-state index in [1.165, 1.54) is 205 Å². The summed E-state index contributed by atoms with van der Waals surface area (Å²) in [6.45, 7) is 8.68. The van der Waals surface area contributed by atoms with Gasteiger partial charge in [0.25, 0.3) is 0 Å². The fourth-order valence-corrected chi connectivity index (χ4v) is 21.4. The van der Waals surface area contributed by atoms with Crippen molar-refractivity contribution in [1.29, 1.82) is 0 Å². The van der Waals surface area contributed by atoms with Gasteiger partial charge in [-0.1, -0.05) is 248 Å². The summed E-state index contributed by atoms with van der Waals surface area (Å²) in [6.07, 6.45) is 58.8. The molecule has 0 aromatic heterocycles. The van der Waals surface area contributed by atoms with E-state index in [2.05, 4.69) is 193 Å². The van der Waals surface area contributed by atoms with Gasteiger partial charge in [-0.15, -0.1) is 0 Å². The highest BCUT2D eigenvalue weighted by molar-refractivity contribution is 9.10. The van der Waals surface area contributed by atoms with Crippen LogP contribution in [0.15, 0.2) is 258 Å². The largest absolute Gasteiger partial charge is 0.380 e. The van der Waals surface area contributed by atoms with Crippen LogP contribution >= 0.6 is 15.9 Å². The molecule has 0 spiro atoms. The number of rotatable bonds is 6. The lowest BCUT2D eigenvalue weighted by atomic mass is 9.53. The lowest BCUT2D eigenvalue weighted by molar-refractivity contribution is -0.0760. The number of Topliss-reactive ketones (excluding diaryl/α,β-unsaturated/α-hetero) is 2. The van der Waals surface area contributed by atoms with E-state index in [9.17, 15) is 19.8 Å². The van der Waals surface area contributed by atoms with E-state index >= 15 is 0 Å². The van der Waals surface area contributed by atoms with Crippen LogP contribution in [0.1, 0.15) is 227 Å². The zero-order valence-corrected chi connectivity index (χ0v) is 64.1. The van der Waals surface area contributed by atoms with Gasteiger partial charge >= 0.3 is 0 Å². The second kappa shape index (κ2) is 32.2. The molecule has 20 rings (SSSR count). The Balaban J connectivity index is 0.000000112. The van der Waals surface area contributed by atoms with Crippen molar-refractivity contribution in [1.82, 2.24) is 0 Å². The van der Waals surface area contributed by atoms with Crippen molar-refractivity contribution in [3.63, 3.8) is 0 Å². The van der Waals surface area contributed by atoms with Crippen LogP contribution in [0.25, 0.3) is 39.6 Å². The smallest absolute Gasteiger partial charge is 0.171 e. The first-order valence-corrected chi connectivity index (χ1v) is 41.5. The van der Waals surface area contributed by atoms with E-state index in [0.29, 0.717) is 11.1 Å². The monoisotopic (exact) mass is 1470 g/mol. The summed E-state index contributed by atoms with van der Waals surface area (Å²) in [4.78, 5) is 24.3. The van der Waals surface area contributed by atoms with Crippen molar-refractivity contribution in [2.24, 2.45) is 23.7 Å². The molecule has 0 heterocycles. The summed E-state index contributed by atoms with van der Waals surface area (Å²) in [6, 6.07) is 53.2. The zero-order chi connectivity index (χ0) is 73.0. The van der Waals surface area contributed by atoms with Crippen LogP contribution in [0.2, 0.25) is 0 Å². The second-order valence-corrected chi connectivity index (χ2v) is 32.6. The van der Waals surface area contributed by atoms with Crippen molar-refractivity contribution < 1.29 is 19.8 Å². The van der Waals surface area contributed by atoms with Crippen LogP contribution in [0.4, 0.5) is 0 Å². The minimum Gasteiger partial charge on any atom is -0.380 e. The van der Waals surface area contributed by atoms with Crippen molar-refractivity contribution in [2.75, 3.05) is 0 Å². The van der Waals surface area contributed by atoms with E-state index in [4.69, 9.17) is 0 Å². The van der Waals surface area contributed by atoms with Gasteiger partial charge in [0, 0.05) is 27.4 Å². The molecule has 2 saturated carbocycles. The molecule has 0 amide bonds. The van der Waals surface area contributed by atoms with Crippen molar-refractivity contribution >= 4 is 56.0 Å². The minimum atomic E-state index is -1.18. The molecule has 6 unspecified atom stereocenters. The van der Waals surface area contributed by atoms with Gasteiger partial charge in [0.15, 0.2) is 11.6 Å². The van der Waals surface area contributed by atoms with Crippen molar-refractivity contribution in [2.45, 2.75) is 191 Å². The first-order chi connectivity index (χ1) is 52.6. The zero-order valence-electron chi connectivity index (χ0n) is 62.5. The summed E-state index contributed by atoms with van der Waals surface area (Å²) < 4.78 is 1.30. The molecular formula is C102H103BrO4. The SMILES string of the molecule is Brc1cccc2c1CCCC2.C=Cc1c(C=C)c(-c2cccc3c2CCCC3)c2ccccc2c1C1=C2CCCCC2=CCC1.O=C1c2ccccc2C(=O)C2C=CC=CC12.OC1(C2=C3CCCCC3=CCC2)c2ccccc2C(O)(c2cccc3c2CCCC3)C2C=CC=CC21.c1ccc2c(c1)CCCC2. The Labute approximate surface area is 644 Å². The Bertz CT molecular complexity index is 4990. The summed E-state index contributed by atoms with van der Waals surface area (Å²) in [5.41, 5.74) is 29.2. The molecule has 0 saturated heterocycles. The summed E-state index contributed by atoms with van der Waals surface area (Å²) >= 11 is 3.58. The lowest BCUT2D eigenvalue weighted by Crippen LogP contribution is -2.55. The normalized spacial score (nSPS) is 23.8. The first-order valence-electron chi connectivity index (χ1n) is 40.7. The molecule has 542 valence electrons. The molecule has 5 heteroatoms. The van der Waals surface area contributed by atoms with Crippen LogP contribution < -0.4 is 0 Å². The number of aryl methyl sites for hydroxylation is 5. The minimum absolute atomic E-state index is 0.0563. The van der Waals surface area contributed by atoms with E-state index < -0.39 is 11.2 Å². The predicted octanol–water partition coefficient (Wildman–Crippen LogP) is 25.0. The maximum Gasteiger partial charge on any atom is 0.171 e. The number of allylic oxidation sites excluding steroid dienone is 13. The fourth-order valence-electron chi connectivity index (χ4n) is 20.8. The molecule has 107 heavy (non-hydrogen) atoms. The molecule has 0 bridgehead atoms. The molecule has 8 aromatic rings. The average Bonchev–Trinajstić information content (AvgIpc) is 0.687. The second-order valence-electron chi connectivity index (χ2n) is 31.8. The van der Waals surface area contributed by atoms with Gasteiger partial charge in [0.1, 0.15) is 11.2 Å². The topological polar surface area (TPSA) is 74.6 Å². The highest BCUT2D eigenvalue weighted by atomic mass is 79.9. The molecule has 6 atom stereocenters. The third-order valence-electron chi connectivity index (χ3n) is 25.9. The molecule has 8 aromatic carbocycles. The van der Waals surface area contributed by atoms with Gasteiger partial charge in [0.05, 0.1) is 11.8 Å². The van der Waals surface area contributed by atoms with Crippen molar-refractivity contribution in [3.05, 3.63) is 347 Å². The quantitative estimate of drug-likeness (QED) is 0.174. The number of carbonyl (C=O) groups excluding carboxylic acids is 2. The molecular weight excluding hydrogens is 1370 g/mol. The maximum atomic E-state index is 13.0. The van der Waals surface area contributed by atoms with Gasteiger partial charge in [-0.05, 0) is 319 Å². The van der Waals surface area contributed by atoms with Crippen LogP contribution in [0.5, 0.6) is 0 Å². The Morgan fingerprint density at radius 1 is 0.355 bits per heavy atom. The van der Waals surface area contributed by atoms with E-state index in [-0.39, 0.29) is 35.2 Å². The first kappa shape index (κ1) is 72.4. The van der Waals surface area contributed by atoms with Gasteiger partial charge in [-0.2, -0.15) is 0 Å². The molecule has 12 aliphatic carbocycles. The highest BCUT2D eigenvalue weighted by Gasteiger charge is 2.59. The standard InChI is InChI=1S/C34H36O2.C34H34.C14H10O2.C10H11Br.C10H12/c35-33(27-21-9-13-23-11-1-3-15-25(23)27)29-17-5-7-19-31(29)34(36,32-20-8-6-18-30(32)33)28-22-10-14-24-12-2-4-16-26(24)28;1-3-25-26(4-2)34(30-22-12-16-24-14-6-8-18-28(24)30)32-20-10-9-19-31(32)33(25)29-21-11-15-23-13-5-7-17-27(23)29;15-13-9-5-1-2-6-10(9)14(16)12-8-4-3-7-11(12)13;11-10-7-3-5-8-4-1-2-6-9(8)10;1-2-6-10-8-4-3-7-9(10)5-1/h5-9,13-14,17-21,29,31,35-36H,1-4,10-12,15-16,22H2;3-4,9-11,15-16,19-21H,1-2,5-8,12-14,17-18,22H2;1-10H;3,5,7H,1-2,4,6H2;1-2,5-6H,3-4,7-8H2.